The Bertz CT molecular complexity index is 577. The van der Waals surface area contributed by atoms with Gasteiger partial charge in [-0.1, -0.05) is 0 Å². The average molecular weight is 289 g/mol. The van der Waals surface area contributed by atoms with Crippen molar-refractivity contribution in [3.05, 3.63) is 22.4 Å². The highest BCUT2D eigenvalue weighted by molar-refractivity contribution is 7.15. The molecule has 0 radical (unpaired) electrons. The minimum atomic E-state index is 0.700. The Hall–Kier alpha value is -1.20. The molecule has 2 aliphatic carbocycles. The first-order valence-corrected chi connectivity index (χ1v) is 8.38. The van der Waals surface area contributed by atoms with Crippen molar-refractivity contribution in [2.45, 2.75) is 51.0 Å². The normalized spacial score (nSPS) is 18.2. The summed E-state index contributed by atoms with van der Waals surface area (Å²) >= 11 is 1.83. The van der Waals surface area contributed by atoms with Crippen LogP contribution in [0.25, 0.3) is 10.8 Å². The summed E-state index contributed by atoms with van der Waals surface area (Å²) in [4.78, 5) is 2.66. The second-order valence-corrected chi connectivity index (χ2v) is 6.88. The maximum absolute atomic E-state index is 5.80. The summed E-state index contributed by atoms with van der Waals surface area (Å²) in [6.07, 6.45) is 8.50. The first-order valence-electron chi connectivity index (χ1n) is 7.56. The van der Waals surface area contributed by atoms with E-state index in [2.05, 4.69) is 21.6 Å². The molecule has 0 aromatic carbocycles. The topological polar surface area (TPSA) is 51.0 Å². The van der Waals surface area contributed by atoms with Crippen LogP contribution in [0.2, 0.25) is 0 Å². The molecule has 0 amide bonds. The molecule has 4 rings (SSSR count). The SMILES string of the molecule is c1c(-c2nnc(CCNC3CC3)o2)sc2c1CCCC2. The predicted octanol–water partition coefficient (Wildman–Crippen LogP) is 2.97. The molecule has 2 aliphatic rings. The van der Waals surface area contributed by atoms with Gasteiger partial charge in [-0.3, -0.25) is 0 Å². The maximum atomic E-state index is 5.80. The van der Waals surface area contributed by atoms with Crippen molar-refractivity contribution in [3.63, 3.8) is 0 Å². The fraction of sp³-hybridized carbons (Fsp3) is 0.600. The molecule has 0 saturated heterocycles. The van der Waals surface area contributed by atoms with Crippen molar-refractivity contribution in [1.82, 2.24) is 15.5 Å². The summed E-state index contributed by atoms with van der Waals surface area (Å²) in [7, 11) is 0. The van der Waals surface area contributed by atoms with E-state index in [-0.39, 0.29) is 0 Å². The molecule has 0 spiro atoms. The van der Waals surface area contributed by atoms with Crippen LogP contribution in [-0.2, 0) is 19.3 Å². The van der Waals surface area contributed by atoms with Crippen LogP contribution >= 0.6 is 11.3 Å². The molecular weight excluding hydrogens is 270 g/mol. The van der Waals surface area contributed by atoms with Gasteiger partial charge in [0.2, 0.25) is 5.89 Å². The zero-order chi connectivity index (χ0) is 13.4. The summed E-state index contributed by atoms with van der Waals surface area (Å²) in [5.74, 6) is 1.45. The van der Waals surface area contributed by atoms with E-state index in [0.29, 0.717) is 5.89 Å². The van der Waals surface area contributed by atoms with Gasteiger partial charge in [-0.05, 0) is 50.2 Å². The zero-order valence-electron chi connectivity index (χ0n) is 11.5. The lowest BCUT2D eigenvalue weighted by molar-refractivity contribution is 0.495. The van der Waals surface area contributed by atoms with E-state index in [4.69, 9.17) is 4.42 Å². The molecule has 1 saturated carbocycles. The summed E-state index contributed by atoms with van der Waals surface area (Å²) in [6, 6.07) is 2.99. The standard InChI is InChI=1S/C15H19N3OS/c1-2-4-12-10(3-1)9-13(20-12)15-18-17-14(19-15)7-8-16-11-5-6-11/h9,11,16H,1-8H2. The molecular formula is C15H19N3OS. The first kappa shape index (κ1) is 12.5. The van der Waals surface area contributed by atoms with E-state index in [0.717, 1.165) is 29.8 Å². The van der Waals surface area contributed by atoms with Crippen molar-refractivity contribution in [1.29, 1.82) is 0 Å². The van der Waals surface area contributed by atoms with Gasteiger partial charge in [0.15, 0.2) is 0 Å². The van der Waals surface area contributed by atoms with Gasteiger partial charge in [0.25, 0.3) is 5.89 Å². The van der Waals surface area contributed by atoms with E-state index < -0.39 is 0 Å². The number of nitrogens with zero attached hydrogens (tertiary/aromatic N) is 2. The molecule has 1 N–H and O–H groups in total. The number of hydrogen-bond acceptors (Lipinski definition) is 5. The third-order valence-electron chi connectivity index (χ3n) is 4.02. The van der Waals surface area contributed by atoms with Gasteiger partial charge < -0.3 is 9.73 Å². The Morgan fingerprint density at radius 1 is 1.25 bits per heavy atom. The highest BCUT2D eigenvalue weighted by Gasteiger charge is 2.21. The van der Waals surface area contributed by atoms with Gasteiger partial charge in [-0.2, -0.15) is 0 Å². The highest BCUT2D eigenvalue weighted by atomic mass is 32.1. The average Bonchev–Trinajstić information content (AvgIpc) is 3.01. The van der Waals surface area contributed by atoms with E-state index >= 15 is 0 Å². The summed E-state index contributed by atoms with van der Waals surface area (Å²) in [5.41, 5.74) is 1.49. The Labute approximate surface area is 122 Å². The van der Waals surface area contributed by atoms with E-state index in [1.54, 1.807) is 0 Å². The number of rotatable bonds is 5. The van der Waals surface area contributed by atoms with Crippen LogP contribution in [0, 0.1) is 0 Å². The fourth-order valence-electron chi connectivity index (χ4n) is 2.72. The molecule has 0 aliphatic heterocycles. The van der Waals surface area contributed by atoms with Crippen molar-refractivity contribution in [2.24, 2.45) is 0 Å². The Morgan fingerprint density at radius 3 is 3.00 bits per heavy atom. The molecule has 0 atom stereocenters. The molecule has 1 fully saturated rings. The predicted molar refractivity (Wildman–Crippen MR) is 79.0 cm³/mol. The number of aryl methyl sites for hydroxylation is 2. The lowest BCUT2D eigenvalue weighted by Crippen LogP contribution is -2.19. The molecule has 2 aromatic rings. The van der Waals surface area contributed by atoms with Gasteiger partial charge in [0, 0.05) is 23.9 Å². The monoisotopic (exact) mass is 289 g/mol. The number of aromatic nitrogens is 2. The fourth-order valence-corrected chi connectivity index (χ4v) is 3.90. The molecule has 4 nitrogen and oxygen atoms in total. The largest absolute Gasteiger partial charge is 0.420 e. The Balaban J connectivity index is 1.44. The molecule has 20 heavy (non-hydrogen) atoms. The first-order chi connectivity index (χ1) is 9.88. The zero-order valence-corrected chi connectivity index (χ0v) is 12.3. The van der Waals surface area contributed by atoms with Gasteiger partial charge >= 0.3 is 0 Å². The van der Waals surface area contributed by atoms with Gasteiger partial charge in [-0.15, -0.1) is 21.5 Å². The van der Waals surface area contributed by atoms with Crippen LogP contribution in [0.5, 0.6) is 0 Å². The van der Waals surface area contributed by atoms with E-state index in [1.165, 1.54) is 49.0 Å². The van der Waals surface area contributed by atoms with Crippen LogP contribution in [-0.4, -0.2) is 22.8 Å². The van der Waals surface area contributed by atoms with Crippen molar-refractivity contribution in [2.75, 3.05) is 6.54 Å². The van der Waals surface area contributed by atoms with E-state index in [9.17, 15) is 0 Å². The second-order valence-electron chi connectivity index (χ2n) is 5.75. The van der Waals surface area contributed by atoms with Crippen molar-refractivity contribution >= 4 is 11.3 Å². The third-order valence-corrected chi connectivity index (χ3v) is 5.25. The number of nitrogens with one attached hydrogen (secondary N) is 1. The van der Waals surface area contributed by atoms with Crippen molar-refractivity contribution in [3.8, 4) is 10.8 Å². The molecule has 2 heterocycles. The lowest BCUT2D eigenvalue weighted by atomic mass is 9.99. The third kappa shape index (κ3) is 2.65. The van der Waals surface area contributed by atoms with Gasteiger partial charge in [0.05, 0.1) is 4.88 Å². The summed E-state index contributed by atoms with van der Waals surface area (Å²) < 4.78 is 5.80. The summed E-state index contributed by atoms with van der Waals surface area (Å²) in [5, 5.41) is 11.8. The molecule has 0 unspecified atom stereocenters. The van der Waals surface area contributed by atoms with Crippen LogP contribution in [0.15, 0.2) is 10.5 Å². The minimum absolute atomic E-state index is 0.700. The summed E-state index contributed by atoms with van der Waals surface area (Å²) in [6.45, 7) is 0.938. The number of fused-ring (bicyclic) bond motifs is 1. The van der Waals surface area contributed by atoms with Crippen LogP contribution < -0.4 is 5.32 Å². The number of thiophene rings is 1. The molecule has 2 aromatic heterocycles. The van der Waals surface area contributed by atoms with Gasteiger partial charge in [0.1, 0.15) is 0 Å². The minimum Gasteiger partial charge on any atom is -0.420 e. The molecule has 106 valence electrons. The second kappa shape index (κ2) is 5.30. The number of hydrogen-bond donors (Lipinski definition) is 1. The highest BCUT2D eigenvalue weighted by Crippen LogP contribution is 2.35. The van der Waals surface area contributed by atoms with Crippen LogP contribution in [0.4, 0.5) is 0 Å². The molecule has 0 bridgehead atoms. The van der Waals surface area contributed by atoms with Crippen molar-refractivity contribution < 1.29 is 4.42 Å². The lowest BCUT2D eigenvalue weighted by Gasteiger charge is -2.08. The Kier molecular flexibility index (Phi) is 3.32. The quantitative estimate of drug-likeness (QED) is 0.919. The maximum Gasteiger partial charge on any atom is 0.257 e. The van der Waals surface area contributed by atoms with E-state index in [1.807, 2.05) is 11.3 Å². The molecule has 5 heteroatoms. The Morgan fingerprint density at radius 2 is 2.15 bits per heavy atom. The smallest absolute Gasteiger partial charge is 0.257 e. The van der Waals surface area contributed by atoms with Crippen LogP contribution in [0.1, 0.15) is 42.0 Å². The van der Waals surface area contributed by atoms with Gasteiger partial charge in [-0.25, -0.2) is 0 Å². The van der Waals surface area contributed by atoms with Crippen LogP contribution in [0.3, 0.4) is 0 Å².